The Morgan fingerprint density at radius 2 is 2.02 bits per heavy atom. The third-order valence-corrected chi connectivity index (χ3v) is 7.80. The number of nitrogens with zero attached hydrogens (tertiary/aromatic N) is 4. The molecule has 244 valence electrons. The molecule has 2 saturated heterocycles. The van der Waals surface area contributed by atoms with Crippen LogP contribution in [-0.2, 0) is 33.9 Å². The molecule has 0 spiro atoms. The van der Waals surface area contributed by atoms with Gasteiger partial charge in [-0.15, -0.1) is 15.6 Å². The molecular formula is C25H32N8O10S2. The number of amidine groups is 1. The number of carboxylic acid groups (broad SMARTS) is 1. The number of piperidine rings is 1. The Balaban J connectivity index is 1.43. The fourth-order valence-corrected chi connectivity index (χ4v) is 5.39. The fourth-order valence-electron chi connectivity index (χ4n) is 4.39. The minimum Gasteiger partial charge on any atom is -0.489 e. The number of carboxylic acids is 1. The highest BCUT2D eigenvalue weighted by Crippen LogP contribution is 2.33. The molecule has 2 fully saturated rings. The number of aromatic nitrogens is 1. The number of aliphatic imine (C=N–C) groups is 1. The molecule has 20 heteroatoms. The van der Waals surface area contributed by atoms with E-state index in [9.17, 15) is 27.9 Å². The van der Waals surface area contributed by atoms with Crippen molar-refractivity contribution in [1.82, 2.24) is 20.7 Å². The maximum absolute atomic E-state index is 13.2. The standard InChI is InChI=1S/C25H32N8O10S2/c1-25(2)19(22(35)33(25)43-45(38,39)40)31-21(34)18(16-12-44-24(27)30-16)32-42-17(23(36)37)11-41-15-7-5-13(6-8-15)20(26)29-14-4-3-9-28-10-14/h5-8,12,14,17,19,28H,3-4,9-11H2,1-2H3,(H2,26,29)(H2,27,30)(H,31,34)(H,36,37)(H,38,39,40)/t14?,17-,19+/m0/s1. The van der Waals surface area contributed by atoms with Crippen molar-refractivity contribution in [3.8, 4) is 5.75 Å². The number of carbonyl (C=O) groups excluding carboxylic acids is 2. The molecule has 1 unspecified atom stereocenters. The summed E-state index contributed by atoms with van der Waals surface area (Å²) >= 11 is 0.956. The van der Waals surface area contributed by atoms with Crippen molar-refractivity contribution < 1.29 is 46.3 Å². The molecular weight excluding hydrogens is 636 g/mol. The van der Waals surface area contributed by atoms with Gasteiger partial charge in [-0.3, -0.25) is 19.1 Å². The molecule has 2 aliphatic heterocycles. The third-order valence-electron chi connectivity index (χ3n) is 6.79. The Morgan fingerprint density at radius 3 is 2.58 bits per heavy atom. The van der Waals surface area contributed by atoms with E-state index in [-0.39, 0.29) is 16.9 Å². The van der Waals surface area contributed by atoms with Gasteiger partial charge >= 0.3 is 16.4 Å². The Kier molecular flexibility index (Phi) is 10.2. The van der Waals surface area contributed by atoms with Crippen molar-refractivity contribution in [2.75, 3.05) is 25.4 Å². The molecule has 2 aromatic rings. The van der Waals surface area contributed by atoms with Crippen molar-refractivity contribution in [1.29, 1.82) is 0 Å². The van der Waals surface area contributed by atoms with E-state index in [0.717, 1.165) is 37.3 Å². The van der Waals surface area contributed by atoms with E-state index in [1.54, 1.807) is 24.3 Å². The summed E-state index contributed by atoms with van der Waals surface area (Å²) < 4.78 is 40.9. The number of hydrogen-bond acceptors (Lipinski definition) is 14. The van der Waals surface area contributed by atoms with Gasteiger partial charge in [0.25, 0.3) is 17.9 Å². The number of aliphatic carboxylic acids is 1. The first-order valence-electron chi connectivity index (χ1n) is 13.4. The predicted octanol–water partition coefficient (Wildman–Crippen LogP) is -0.724. The second-order valence-electron chi connectivity index (χ2n) is 10.5. The van der Waals surface area contributed by atoms with E-state index in [2.05, 4.69) is 30.0 Å². The molecule has 1 aromatic heterocycles. The van der Waals surface area contributed by atoms with E-state index in [1.807, 2.05) is 0 Å². The molecule has 0 radical (unpaired) electrons. The lowest BCUT2D eigenvalue weighted by Gasteiger charge is -2.50. The Hall–Kier alpha value is -4.37. The minimum absolute atomic E-state index is 0.0564. The predicted molar refractivity (Wildman–Crippen MR) is 160 cm³/mol. The van der Waals surface area contributed by atoms with E-state index < -0.39 is 58.2 Å². The summed E-state index contributed by atoms with van der Waals surface area (Å²) in [6.45, 7) is 3.91. The number of amides is 2. The average molecular weight is 669 g/mol. The number of β-lactam (4-membered cyclic amide) rings is 1. The van der Waals surface area contributed by atoms with Crippen molar-refractivity contribution in [3.63, 3.8) is 0 Å². The summed E-state index contributed by atoms with van der Waals surface area (Å²) in [6.07, 6.45) is 0.268. The fraction of sp³-hybridized carbons (Fsp3) is 0.440. The van der Waals surface area contributed by atoms with E-state index in [1.165, 1.54) is 19.2 Å². The van der Waals surface area contributed by atoms with Gasteiger partial charge in [0.1, 0.15) is 29.9 Å². The Bertz CT molecular complexity index is 1590. The van der Waals surface area contributed by atoms with Crippen LogP contribution in [-0.4, -0.2) is 101 Å². The van der Waals surface area contributed by atoms with Crippen LogP contribution in [0.5, 0.6) is 5.75 Å². The number of oxime groups is 1. The first kappa shape index (κ1) is 33.5. The summed E-state index contributed by atoms with van der Waals surface area (Å²) in [4.78, 5) is 51.2. The highest BCUT2D eigenvalue weighted by Gasteiger charge is 2.58. The summed E-state index contributed by atoms with van der Waals surface area (Å²) in [5.74, 6) is -2.81. The Labute approximate surface area is 261 Å². The largest absolute Gasteiger partial charge is 0.489 e. The zero-order valence-corrected chi connectivity index (χ0v) is 25.7. The number of ether oxygens (including phenoxy) is 1. The highest BCUT2D eigenvalue weighted by atomic mass is 32.3. The van der Waals surface area contributed by atoms with Crippen molar-refractivity contribution in [3.05, 3.63) is 40.9 Å². The number of nitrogens with two attached hydrogens (primary N) is 2. The second kappa shape index (κ2) is 13.7. The average Bonchev–Trinajstić information content (AvgIpc) is 3.41. The van der Waals surface area contributed by atoms with Crippen LogP contribution in [0.4, 0.5) is 5.13 Å². The van der Waals surface area contributed by atoms with Crippen LogP contribution in [0, 0.1) is 0 Å². The summed E-state index contributed by atoms with van der Waals surface area (Å²) in [6, 6.07) is 5.29. The molecule has 2 amide bonds. The first-order chi connectivity index (χ1) is 21.2. The number of carbonyl (C=O) groups is 3. The lowest BCUT2D eigenvalue weighted by molar-refractivity contribution is -0.218. The molecule has 2 aliphatic rings. The molecule has 45 heavy (non-hydrogen) atoms. The monoisotopic (exact) mass is 668 g/mol. The van der Waals surface area contributed by atoms with Crippen LogP contribution in [0.1, 0.15) is 37.9 Å². The first-order valence-corrected chi connectivity index (χ1v) is 15.7. The summed E-state index contributed by atoms with van der Waals surface area (Å²) in [5.41, 5.74) is 10.4. The normalized spacial score (nSPS) is 21.0. The minimum atomic E-state index is -5.01. The molecule has 4 rings (SSSR count). The van der Waals surface area contributed by atoms with Crippen molar-refractivity contribution in [2.24, 2.45) is 15.9 Å². The van der Waals surface area contributed by atoms with Crippen LogP contribution in [0.15, 0.2) is 39.8 Å². The van der Waals surface area contributed by atoms with Gasteiger partial charge in [-0.05, 0) is 57.5 Å². The zero-order valence-electron chi connectivity index (χ0n) is 24.1. The number of rotatable bonds is 13. The van der Waals surface area contributed by atoms with Gasteiger partial charge in [0.05, 0.1) is 11.6 Å². The highest BCUT2D eigenvalue weighted by molar-refractivity contribution is 7.80. The molecule has 0 aliphatic carbocycles. The molecule has 0 bridgehead atoms. The van der Waals surface area contributed by atoms with Gasteiger partial charge < -0.3 is 36.8 Å². The van der Waals surface area contributed by atoms with E-state index in [4.69, 9.17) is 25.6 Å². The molecule has 3 atom stereocenters. The molecule has 0 saturated carbocycles. The van der Waals surface area contributed by atoms with Crippen LogP contribution in [0.3, 0.4) is 0 Å². The molecule has 3 heterocycles. The second-order valence-corrected chi connectivity index (χ2v) is 12.4. The van der Waals surface area contributed by atoms with Crippen LogP contribution in [0.25, 0.3) is 0 Å². The smallest absolute Gasteiger partial charge is 0.418 e. The number of nitrogens with one attached hydrogen (secondary N) is 2. The van der Waals surface area contributed by atoms with Gasteiger partial charge in [-0.25, -0.2) is 9.78 Å². The SMILES string of the molecule is CC1(C)[C@H](NC(=O)C(=NO[C@@H](COc2ccc(C(N)=NC3CCCNC3)cc2)C(=O)O)c2csc(N)n2)C(=O)N1OS(=O)(=O)O. The maximum atomic E-state index is 13.2. The van der Waals surface area contributed by atoms with Gasteiger partial charge in [-0.1, -0.05) is 5.16 Å². The lowest BCUT2D eigenvalue weighted by Crippen LogP contribution is -2.76. The van der Waals surface area contributed by atoms with Gasteiger partial charge in [0.2, 0.25) is 0 Å². The summed E-state index contributed by atoms with van der Waals surface area (Å²) in [7, 11) is -5.01. The summed E-state index contributed by atoms with van der Waals surface area (Å²) in [5, 5.41) is 20.8. The topological polar surface area (TPSA) is 270 Å². The van der Waals surface area contributed by atoms with Crippen molar-refractivity contribution in [2.45, 2.75) is 50.4 Å². The molecule has 18 nitrogen and oxygen atoms in total. The number of benzene rings is 1. The number of nitrogen functional groups attached to an aromatic ring is 1. The third kappa shape index (κ3) is 8.42. The number of anilines is 1. The molecule has 8 N–H and O–H groups in total. The van der Waals surface area contributed by atoms with Crippen molar-refractivity contribution >= 4 is 56.2 Å². The quantitative estimate of drug-likeness (QED) is 0.0505. The van der Waals surface area contributed by atoms with E-state index in [0.29, 0.717) is 22.2 Å². The Morgan fingerprint density at radius 1 is 1.31 bits per heavy atom. The van der Waals surface area contributed by atoms with Crippen LogP contribution in [0.2, 0.25) is 0 Å². The van der Waals surface area contributed by atoms with Crippen LogP contribution >= 0.6 is 11.3 Å². The van der Waals surface area contributed by atoms with Gasteiger partial charge in [0, 0.05) is 17.5 Å². The van der Waals surface area contributed by atoms with Crippen LogP contribution < -0.4 is 26.8 Å². The lowest BCUT2D eigenvalue weighted by atomic mass is 9.84. The number of hydrogen-bond donors (Lipinski definition) is 6. The maximum Gasteiger partial charge on any atom is 0.418 e. The van der Waals surface area contributed by atoms with Gasteiger partial charge in [-0.2, -0.15) is 13.5 Å². The zero-order chi connectivity index (χ0) is 32.9. The molecule has 1 aromatic carbocycles. The van der Waals surface area contributed by atoms with Gasteiger partial charge in [0.15, 0.2) is 10.8 Å². The number of hydroxylamine groups is 2. The van der Waals surface area contributed by atoms with E-state index >= 15 is 0 Å². The number of thiazole rings is 1.